The van der Waals surface area contributed by atoms with Crippen LogP contribution in [0.1, 0.15) is 10.4 Å². The molecule has 0 radical (unpaired) electrons. The van der Waals surface area contributed by atoms with E-state index in [1.807, 2.05) is 0 Å². The summed E-state index contributed by atoms with van der Waals surface area (Å²) in [7, 11) is 0. The van der Waals surface area contributed by atoms with E-state index in [-0.39, 0.29) is 11.4 Å². The van der Waals surface area contributed by atoms with Crippen molar-refractivity contribution in [1.29, 1.82) is 0 Å². The van der Waals surface area contributed by atoms with Crippen LogP contribution in [0.5, 0.6) is 0 Å². The lowest BCUT2D eigenvalue weighted by atomic mass is 10.2. The van der Waals surface area contributed by atoms with E-state index < -0.39 is 29.1 Å². The average molecular weight is 347 g/mol. The monoisotopic (exact) mass is 346 g/mol. The Morgan fingerprint density at radius 3 is 2.35 bits per heavy atom. The van der Waals surface area contributed by atoms with E-state index in [1.165, 1.54) is 12.3 Å². The molecule has 0 spiro atoms. The van der Waals surface area contributed by atoms with Crippen molar-refractivity contribution in [3.63, 3.8) is 0 Å². The summed E-state index contributed by atoms with van der Waals surface area (Å²) < 4.78 is 40.1. The van der Waals surface area contributed by atoms with Gasteiger partial charge < -0.3 is 10.4 Å². The van der Waals surface area contributed by atoms with Crippen LogP contribution in [0, 0.1) is 17.5 Å². The molecule has 0 fully saturated rings. The third-order valence-electron chi connectivity index (χ3n) is 2.34. The maximum absolute atomic E-state index is 13.5. The Bertz CT molecular complexity index is 671. The maximum Gasteiger partial charge on any atom is 0.339 e. The average Bonchev–Trinajstić information content (AvgIpc) is 2.34. The molecule has 4 nitrogen and oxygen atoms in total. The van der Waals surface area contributed by atoms with Crippen molar-refractivity contribution in [2.75, 3.05) is 5.32 Å². The standard InChI is InChI=1S/C12H6BrF3N2O2/c13-5-1-7(12(19)20)11(17-4-5)18-10-8(15)2-6(14)3-9(10)16/h1-4H,(H,17,18)(H,19,20). The molecule has 0 aliphatic rings. The molecule has 20 heavy (non-hydrogen) atoms. The lowest BCUT2D eigenvalue weighted by Crippen LogP contribution is -2.07. The lowest BCUT2D eigenvalue weighted by Gasteiger charge is -2.10. The SMILES string of the molecule is O=C(O)c1cc(Br)cnc1Nc1c(F)cc(F)cc1F. The molecule has 0 aliphatic carbocycles. The second-order valence-electron chi connectivity index (χ2n) is 3.72. The van der Waals surface area contributed by atoms with Crippen LogP contribution < -0.4 is 5.32 Å². The molecule has 2 rings (SSSR count). The van der Waals surface area contributed by atoms with Crippen LogP contribution in [0.4, 0.5) is 24.7 Å². The number of benzene rings is 1. The van der Waals surface area contributed by atoms with Gasteiger partial charge in [0.2, 0.25) is 0 Å². The number of rotatable bonds is 3. The Labute approximate surface area is 119 Å². The lowest BCUT2D eigenvalue weighted by molar-refractivity contribution is 0.0697. The molecule has 1 heterocycles. The number of halogens is 4. The summed E-state index contributed by atoms with van der Waals surface area (Å²) in [4.78, 5) is 14.8. The maximum atomic E-state index is 13.5. The van der Waals surface area contributed by atoms with Crippen LogP contribution in [0.15, 0.2) is 28.9 Å². The minimum atomic E-state index is -1.33. The first-order chi connectivity index (χ1) is 9.38. The van der Waals surface area contributed by atoms with Crippen LogP contribution in [0.3, 0.4) is 0 Å². The molecule has 8 heteroatoms. The molecule has 0 amide bonds. The van der Waals surface area contributed by atoms with Crippen molar-refractivity contribution in [2.45, 2.75) is 0 Å². The zero-order chi connectivity index (χ0) is 14.9. The highest BCUT2D eigenvalue weighted by atomic mass is 79.9. The summed E-state index contributed by atoms with van der Waals surface area (Å²) in [5.41, 5.74) is -0.966. The molecule has 0 saturated heterocycles. The predicted molar refractivity (Wildman–Crippen MR) is 68.5 cm³/mol. The first kappa shape index (κ1) is 14.3. The van der Waals surface area contributed by atoms with E-state index in [9.17, 15) is 18.0 Å². The molecule has 1 aromatic heterocycles. The van der Waals surface area contributed by atoms with E-state index >= 15 is 0 Å². The van der Waals surface area contributed by atoms with Gasteiger partial charge in [-0.1, -0.05) is 0 Å². The highest BCUT2D eigenvalue weighted by Gasteiger charge is 2.17. The number of hydrogen-bond acceptors (Lipinski definition) is 3. The topological polar surface area (TPSA) is 62.2 Å². The fourth-order valence-corrected chi connectivity index (χ4v) is 1.81. The number of anilines is 2. The second-order valence-corrected chi connectivity index (χ2v) is 4.64. The van der Waals surface area contributed by atoms with E-state index in [0.29, 0.717) is 16.6 Å². The molecule has 104 valence electrons. The van der Waals surface area contributed by atoms with Crippen LogP contribution in [-0.2, 0) is 0 Å². The fourth-order valence-electron chi connectivity index (χ4n) is 1.48. The Hall–Kier alpha value is -2.09. The summed E-state index contributed by atoms with van der Waals surface area (Å²) in [5.74, 6) is -5.05. The zero-order valence-electron chi connectivity index (χ0n) is 9.62. The molecule has 0 bridgehead atoms. The normalized spacial score (nSPS) is 10.4. The predicted octanol–water partition coefficient (Wildman–Crippen LogP) is 3.70. The van der Waals surface area contributed by atoms with E-state index in [4.69, 9.17) is 5.11 Å². The molecule has 1 aromatic carbocycles. The minimum Gasteiger partial charge on any atom is -0.478 e. The first-order valence-electron chi connectivity index (χ1n) is 5.19. The molecular weight excluding hydrogens is 341 g/mol. The Morgan fingerprint density at radius 1 is 1.20 bits per heavy atom. The van der Waals surface area contributed by atoms with Crippen LogP contribution in [0.2, 0.25) is 0 Å². The van der Waals surface area contributed by atoms with Gasteiger partial charge in [0, 0.05) is 22.8 Å². The summed E-state index contributed by atoms with van der Waals surface area (Å²) in [6, 6.07) is 2.17. The first-order valence-corrected chi connectivity index (χ1v) is 5.98. The Morgan fingerprint density at radius 2 is 1.80 bits per heavy atom. The molecule has 2 N–H and O–H groups in total. The van der Waals surface area contributed by atoms with Crippen LogP contribution >= 0.6 is 15.9 Å². The van der Waals surface area contributed by atoms with Gasteiger partial charge in [0.15, 0.2) is 11.6 Å². The number of nitrogens with zero attached hydrogens (tertiary/aromatic N) is 1. The van der Waals surface area contributed by atoms with Gasteiger partial charge in [0.1, 0.15) is 22.9 Å². The molecule has 0 unspecified atom stereocenters. The second kappa shape index (κ2) is 5.49. The third-order valence-corrected chi connectivity index (χ3v) is 2.77. The Kier molecular flexibility index (Phi) is 3.93. The van der Waals surface area contributed by atoms with Gasteiger partial charge in [-0.25, -0.2) is 22.9 Å². The highest BCUT2D eigenvalue weighted by molar-refractivity contribution is 9.10. The molecule has 0 atom stereocenters. The number of aromatic carboxylic acids is 1. The van der Waals surface area contributed by atoms with Crippen LogP contribution in [0.25, 0.3) is 0 Å². The van der Waals surface area contributed by atoms with Gasteiger partial charge >= 0.3 is 5.97 Å². The van der Waals surface area contributed by atoms with Crippen molar-refractivity contribution in [3.05, 3.63) is 51.9 Å². The van der Waals surface area contributed by atoms with Crippen molar-refractivity contribution in [2.24, 2.45) is 0 Å². The highest BCUT2D eigenvalue weighted by Crippen LogP contribution is 2.26. The van der Waals surface area contributed by atoms with Crippen molar-refractivity contribution < 1.29 is 23.1 Å². The van der Waals surface area contributed by atoms with E-state index in [0.717, 1.165) is 0 Å². The van der Waals surface area contributed by atoms with Crippen LogP contribution in [-0.4, -0.2) is 16.1 Å². The Balaban J connectivity index is 2.48. The quantitative estimate of drug-likeness (QED) is 0.889. The number of carboxylic acid groups (broad SMARTS) is 1. The van der Waals surface area contributed by atoms with Gasteiger partial charge in [-0.05, 0) is 22.0 Å². The van der Waals surface area contributed by atoms with E-state index in [1.54, 1.807) is 0 Å². The number of nitrogens with one attached hydrogen (secondary N) is 1. The smallest absolute Gasteiger partial charge is 0.339 e. The summed E-state index contributed by atoms with van der Waals surface area (Å²) >= 11 is 3.04. The van der Waals surface area contributed by atoms with E-state index in [2.05, 4.69) is 26.2 Å². The molecule has 0 saturated carbocycles. The fraction of sp³-hybridized carbons (Fsp3) is 0. The summed E-state index contributed by atoms with van der Waals surface area (Å²) in [6.45, 7) is 0. The number of aromatic nitrogens is 1. The molecule has 0 aliphatic heterocycles. The number of pyridine rings is 1. The van der Waals surface area contributed by atoms with Gasteiger partial charge in [-0.15, -0.1) is 0 Å². The molecular formula is C12H6BrF3N2O2. The van der Waals surface area contributed by atoms with Crippen molar-refractivity contribution in [1.82, 2.24) is 4.98 Å². The van der Waals surface area contributed by atoms with Gasteiger partial charge in [-0.2, -0.15) is 0 Å². The minimum absolute atomic E-state index is 0.259. The van der Waals surface area contributed by atoms with Crippen molar-refractivity contribution in [3.8, 4) is 0 Å². The van der Waals surface area contributed by atoms with Crippen molar-refractivity contribution >= 4 is 33.4 Å². The number of carbonyl (C=O) groups is 1. The number of carboxylic acids is 1. The zero-order valence-corrected chi connectivity index (χ0v) is 11.2. The van der Waals surface area contributed by atoms with Gasteiger partial charge in [-0.3, -0.25) is 0 Å². The van der Waals surface area contributed by atoms with Gasteiger partial charge in [0.25, 0.3) is 0 Å². The number of hydrogen-bond donors (Lipinski definition) is 2. The van der Waals surface area contributed by atoms with Gasteiger partial charge in [0.05, 0.1) is 0 Å². The third kappa shape index (κ3) is 2.90. The summed E-state index contributed by atoms with van der Waals surface area (Å²) in [5, 5.41) is 11.2. The summed E-state index contributed by atoms with van der Waals surface area (Å²) in [6.07, 6.45) is 1.26. The largest absolute Gasteiger partial charge is 0.478 e. The molecule has 2 aromatic rings.